The largest absolute Gasteiger partial charge is 0.379 e. The van der Waals surface area contributed by atoms with Crippen molar-refractivity contribution in [3.05, 3.63) is 29.8 Å². The van der Waals surface area contributed by atoms with Gasteiger partial charge in [0.15, 0.2) is 5.69 Å². The highest BCUT2D eigenvalue weighted by Gasteiger charge is 2.21. The lowest BCUT2D eigenvalue weighted by molar-refractivity contribution is 0.0945. The molecule has 2 aromatic rings. The van der Waals surface area contributed by atoms with Gasteiger partial charge in [-0.1, -0.05) is 18.1 Å². The summed E-state index contributed by atoms with van der Waals surface area (Å²) in [6, 6.07) is 2.66. The molecule has 0 aromatic carbocycles. The molecule has 8 nitrogen and oxygen atoms in total. The number of hydrogen-bond acceptors (Lipinski definition) is 5. The van der Waals surface area contributed by atoms with Gasteiger partial charge in [-0.2, -0.15) is 5.10 Å². The number of nitrogens with one attached hydrogen (secondary N) is 1. The van der Waals surface area contributed by atoms with Crippen LogP contribution in [0.4, 0.5) is 0 Å². The Morgan fingerprint density at radius 2 is 2.12 bits per heavy atom. The minimum absolute atomic E-state index is 0.182. The highest BCUT2D eigenvalue weighted by molar-refractivity contribution is 5.91. The van der Waals surface area contributed by atoms with Crippen LogP contribution in [0.2, 0.25) is 0 Å². The van der Waals surface area contributed by atoms with E-state index in [4.69, 9.17) is 4.74 Å². The lowest BCUT2D eigenvalue weighted by Crippen LogP contribution is -2.23. The smallest absolute Gasteiger partial charge is 0.273 e. The first-order valence-electron chi connectivity index (χ1n) is 8.61. The summed E-state index contributed by atoms with van der Waals surface area (Å²) >= 11 is 0. The van der Waals surface area contributed by atoms with E-state index in [1.54, 1.807) is 10.9 Å². The van der Waals surface area contributed by atoms with Gasteiger partial charge in [0.25, 0.3) is 5.91 Å². The molecule has 1 aliphatic heterocycles. The summed E-state index contributed by atoms with van der Waals surface area (Å²) in [6.45, 7) is 1.76. The van der Waals surface area contributed by atoms with Crippen molar-refractivity contribution < 1.29 is 9.53 Å². The van der Waals surface area contributed by atoms with Gasteiger partial charge in [0.05, 0.1) is 37.1 Å². The molecule has 2 aromatic heterocycles. The van der Waals surface area contributed by atoms with Crippen molar-refractivity contribution in [3.63, 3.8) is 0 Å². The third-order valence-corrected chi connectivity index (χ3v) is 4.82. The van der Waals surface area contributed by atoms with E-state index in [0.29, 0.717) is 24.9 Å². The average Bonchev–Trinajstić information content (AvgIpc) is 3.40. The number of aromatic nitrogens is 5. The van der Waals surface area contributed by atoms with Gasteiger partial charge in [0, 0.05) is 12.8 Å². The predicted molar refractivity (Wildman–Crippen MR) is 85.4 cm³/mol. The molecule has 2 fully saturated rings. The normalized spacial score (nSPS) is 21.4. The van der Waals surface area contributed by atoms with Gasteiger partial charge in [-0.05, 0) is 25.3 Å². The first-order chi connectivity index (χ1) is 11.8. The zero-order valence-corrected chi connectivity index (χ0v) is 13.6. The Morgan fingerprint density at radius 3 is 2.92 bits per heavy atom. The maximum atomic E-state index is 12.2. The topological polar surface area (TPSA) is 86.9 Å². The molecule has 1 saturated heterocycles. The van der Waals surface area contributed by atoms with Gasteiger partial charge in [-0.3, -0.25) is 9.48 Å². The van der Waals surface area contributed by atoms with Crippen LogP contribution in [0.15, 0.2) is 18.5 Å². The number of ether oxygens (including phenoxy) is 1. The van der Waals surface area contributed by atoms with Crippen molar-refractivity contribution in [2.45, 2.75) is 50.7 Å². The zero-order valence-electron chi connectivity index (χ0n) is 13.6. The van der Waals surface area contributed by atoms with E-state index in [2.05, 4.69) is 20.7 Å². The van der Waals surface area contributed by atoms with Crippen LogP contribution in [-0.4, -0.2) is 43.9 Å². The second-order valence-electron chi connectivity index (χ2n) is 6.51. The van der Waals surface area contributed by atoms with Gasteiger partial charge in [0.2, 0.25) is 0 Å². The molecular formula is C16H22N6O2. The third-order valence-electron chi connectivity index (χ3n) is 4.82. The summed E-state index contributed by atoms with van der Waals surface area (Å²) in [6.07, 6.45) is 9.54. The van der Waals surface area contributed by atoms with E-state index in [-0.39, 0.29) is 11.9 Å². The molecule has 0 spiro atoms. The molecule has 8 heteroatoms. The van der Waals surface area contributed by atoms with Gasteiger partial charge >= 0.3 is 0 Å². The van der Waals surface area contributed by atoms with Crippen molar-refractivity contribution in [2.75, 3.05) is 13.2 Å². The number of hydrogen-bond donors (Lipinski definition) is 1. The SMILES string of the molecule is O=C(NCc1ccn(C2CCCC2)n1)c1cn(C2CCOC2)nn1. The van der Waals surface area contributed by atoms with Crippen molar-refractivity contribution in [1.82, 2.24) is 30.1 Å². The molecule has 1 unspecified atom stereocenters. The Bertz CT molecular complexity index is 697. The molecule has 128 valence electrons. The molecule has 1 N–H and O–H groups in total. The Balaban J connectivity index is 1.33. The molecule has 0 bridgehead atoms. The van der Waals surface area contributed by atoms with Crippen LogP contribution >= 0.6 is 0 Å². The van der Waals surface area contributed by atoms with Crippen LogP contribution in [0.3, 0.4) is 0 Å². The minimum atomic E-state index is -0.226. The van der Waals surface area contributed by atoms with Crippen molar-refractivity contribution >= 4 is 5.91 Å². The van der Waals surface area contributed by atoms with E-state index in [1.165, 1.54) is 25.7 Å². The Labute approximate surface area is 140 Å². The molecule has 1 atom stereocenters. The monoisotopic (exact) mass is 330 g/mol. The number of rotatable bonds is 5. The van der Waals surface area contributed by atoms with E-state index in [1.807, 2.05) is 16.9 Å². The fourth-order valence-corrected chi connectivity index (χ4v) is 3.40. The second-order valence-corrected chi connectivity index (χ2v) is 6.51. The molecule has 2 aliphatic rings. The fraction of sp³-hybridized carbons (Fsp3) is 0.625. The molecule has 3 heterocycles. The fourth-order valence-electron chi connectivity index (χ4n) is 3.40. The summed E-state index contributed by atoms with van der Waals surface area (Å²) in [4.78, 5) is 12.2. The van der Waals surface area contributed by atoms with Crippen LogP contribution in [0, 0.1) is 0 Å². The lowest BCUT2D eigenvalue weighted by atomic mass is 10.3. The van der Waals surface area contributed by atoms with Crippen LogP contribution in [0.5, 0.6) is 0 Å². The molecule has 24 heavy (non-hydrogen) atoms. The summed E-state index contributed by atoms with van der Waals surface area (Å²) in [5.41, 5.74) is 1.20. The Morgan fingerprint density at radius 1 is 1.25 bits per heavy atom. The summed E-state index contributed by atoms with van der Waals surface area (Å²) in [5, 5.41) is 15.4. The lowest BCUT2D eigenvalue weighted by Gasteiger charge is -2.08. The quantitative estimate of drug-likeness (QED) is 0.897. The number of carbonyl (C=O) groups is 1. The van der Waals surface area contributed by atoms with Gasteiger partial charge in [-0.25, -0.2) is 4.68 Å². The maximum Gasteiger partial charge on any atom is 0.273 e. The van der Waals surface area contributed by atoms with Gasteiger partial charge in [-0.15, -0.1) is 5.10 Å². The molecule has 0 radical (unpaired) electrons. The van der Waals surface area contributed by atoms with Gasteiger partial charge in [0.1, 0.15) is 0 Å². The van der Waals surface area contributed by atoms with E-state index in [9.17, 15) is 4.79 Å². The minimum Gasteiger partial charge on any atom is -0.379 e. The van der Waals surface area contributed by atoms with E-state index in [0.717, 1.165) is 18.7 Å². The van der Waals surface area contributed by atoms with Crippen molar-refractivity contribution in [2.24, 2.45) is 0 Å². The molecule has 1 saturated carbocycles. The molecule has 4 rings (SSSR count). The van der Waals surface area contributed by atoms with Crippen molar-refractivity contribution in [3.8, 4) is 0 Å². The Hall–Kier alpha value is -2.22. The average molecular weight is 330 g/mol. The predicted octanol–water partition coefficient (Wildman–Crippen LogP) is 1.48. The summed E-state index contributed by atoms with van der Waals surface area (Å²) in [5.74, 6) is -0.226. The highest BCUT2D eigenvalue weighted by atomic mass is 16.5. The van der Waals surface area contributed by atoms with Crippen LogP contribution < -0.4 is 5.32 Å². The second kappa shape index (κ2) is 6.72. The highest BCUT2D eigenvalue weighted by Crippen LogP contribution is 2.28. The molecule has 1 aliphatic carbocycles. The zero-order chi connectivity index (χ0) is 16.4. The first kappa shape index (κ1) is 15.3. The summed E-state index contributed by atoms with van der Waals surface area (Å²) < 4.78 is 9.08. The molecular weight excluding hydrogens is 308 g/mol. The van der Waals surface area contributed by atoms with Gasteiger partial charge < -0.3 is 10.1 Å². The third kappa shape index (κ3) is 3.19. The summed E-state index contributed by atoms with van der Waals surface area (Å²) in [7, 11) is 0. The molecule has 1 amide bonds. The van der Waals surface area contributed by atoms with E-state index < -0.39 is 0 Å². The number of amides is 1. The van der Waals surface area contributed by atoms with Crippen molar-refractivity contribution in [1.29, 1.82) is 0 Å². The van der Waals surface area contributed by atoms with Crippen LogP contribution in [-0.2, 0) is 11.3 Å². The van der Waals surface area contributed by atoms with Crippen LogP contribution in [0.1, 0.15) is 60.4 Å². The number of carbonyl (C=O) groups excluding carboxylic acids is 1. The first-order valence-corrected chi connectivity index (χ1v) is 8.61. The van der Waals surface area contributed by atoms with E-state index >= 15 is 0 Å². The number of nitrogens with zero attached hydrogens (tertiary/aromatic N) is 5. The van der Waals surface area contributed by atoms with Crippen LogP contribution in [0.25, 0.3) is 0 Å². The Kier molecular flexibility index (Phi) is 4.29. The standard InChI is InChI=1S/C16H22N6O2/c23-16(15-10-22(20-18-15)14-6-8-24-11-14)17-9-12-5-7-21(19-12)13-3-1-2-4-13/h5,7,10,13-14H,1-4,6,8-9,11H2,(H,17,23). The maximum absolute atomic E-state index is 12.2.